The van der Waals surface area contributed by atoms with Crippen LogP contribution >= 0.6 is 0 Å². The van der Waals surface area contributed by atoms with Crippen molar-refractivity contribution in [3.8, 4) is 0 Å². The minimum absolute atomic E-state index is 0.348. The van der Waals surface area contributed by atoms with Gasteiger partial charge in [-0.05, 0) is 19.3 Å². The molecule has 0 aromatic carbocycles. The van der Waals surface area contributed by atoms with Gasteiger partial charge in [0, 0.05) is 13.2 Å². The van der Waals surface area contributed by atoms with E-state index in [0.717, 1.165) is 26.1 Å². The van der Waals surface area contributed by atoms with Gasteiger partial charge in [0.25, 0.3) is 6.02 Å². The van der Waals surface area contributed by atoms with Crippen molar-refractivity contribution in [3.05, 3.63) is 0 Å². The van der Waals surface area contributed by atoms with Crippen molar-refractivity contribution >= 4 is 6.02 Å². The average molecular weight is 184 g/mol. The van der Waals surface area contributed by atoms with Crippen molar-refractivity contribution in [2.24, 2.45) is 4.99 Å². The van der Waals surface area contributed by atoms with Gasteiger partial charge in [-0.3, -0.25) is 0 Å². The number of nitrogens with zero attached hydrogens (tertiary/aromatic N) is 1. The van der Waals surface area contributed by atoms with Gasteiger partial charge in [0.05, 0.1) is 12.6 Å². The maximum absolute atomic E-state index is 5.56. The van der Waals surface area contributed by atoms with Crippen LogP contribution in [0.3, 0.4) is 0 Å². The van der Waals surface area contributed by atoms with Crippen molar-refractivity contribution in [2.75, 3.05) is 26.3 Å². The average Bonchev–Trinajstić information content (AvgIpc) is 2.69. The fourth-order valence-electron chi connectivity index (χ4n) is 1.61. The third-order valence-corrected chi connectivity index (χ3v) is 2.34. The first-order chi connectivity index (χ1) is 6.45. The molecule has 13 heavy (non-hydrogen) atoms. The molecule has 2 aliphatic heterocycles. The Hall–Kier alpha value is -0.770. The molecule has 0 bridgehead atoms. The van der Waals surface area contributed by atoms with Gasteiger partial charge in [0.2, 0.25) is 0 Å². The maximum atomic E-state index is 5.56. The second kappa shape index (κ2) is 4.46. The Kier molecular flexibility index (Phi) is 3.02. The predicted octanol–water partition coefficient (Wildman–Crippen LogP) is 0.531. The third-order valence-electron chi connectivity index (χ3n) is 2.34. The Morgan fingerprint density at radius 1 is 1.38 bits per heavy atom. The summed E-state index contributed by atoms with van der Waals surface area (Å²) in [6, 6.07) is 0.689. The van der Waals surface area contributed by atoms with Crippen LogP contribution in [0.25, 0.3) is 0 Å². The molecule has 1 fully saturated rings. The SMILES string of the molecule is C1CCC(CNC2=NCCO2)OC1. The summed E-state index contributed by atoms with van der Waals surface area (Å²) in [7, 11) is 0. The van der Waals surface area contributed by atoms with E-state index in [1.165, 1.54) is 12.8 Å². The van der Waals surface area contributed by atoms with Crippen LogP contribution in [-0.2, 0) is 9.47 Å². The van der Waals surface area contributed by atoms with Crippen LogP contribution in [0.1, 0.15) is 19.3 Å². The van der Waals surface area contributed by atoms with Gasteiger partial charge in [0.1, 0.15) is 6.61 Å². The Labute approximate surface area is 78.3 Å². The maximum Gasteiger partial charge on any atom is 0.284 e. The monoisotopic (exact) mass is 184 g/mol. The molecule has 0 saturated carbocycles. The van der Waals surface area contributed by atoms with Crippen molar-refractivity contribution in [1.29, 1.82) is 0 Å². The van der Waals surface area contributed by atoms with Gasteiger partial charge in [-0.1, -0.05) is 0 Å². The highest BCUT2D eigenvalue weighted by Gasteiger charge is 2.15. The fourth-order valence-corrected chi connectivity index (χ4v) is 1.61. The first-order valence-corrected chi connectivity index (χ1v) is 4.98. The van der Waals surface area contributed by atoms with Gasteiger partial charge >= 0.3 is 0 Å². The molecule has 1 N–H and O–H groups in total. The topological polar surface area (TPSA) is 42.9 Å². The summed E-state index contributed by atoms with van der Waals surface area (Å²) in [6.07, 6.45) is 3.98. The van der Waals surface area contributed by atoms with Crippen molar-refractivity contribution in [3.63, 3.8) is 0 Å². The van der Waals surface area contributed by atoms with Gasteiger partial charge < -0.3 is 14.8 Å². The first-order valence-electron chi connectivity index (χ1n) is 4.98. The zero-order chi connectivity index (χ0) is 8.93. The molecular weight excluding hydrogens is 168 g/mol. The van der Waals surface area contributed by atoms with Gasteiger partial charge in [-0.25, -0.2) is 4.99 Å². The zero-order valence-electron chi connectivity index (χ0n) is 7.79. The Morgan fingerprint density at radius 3 is 3.08 bits per heavy atom. The Morgan fingerprint density at radius 2 is 2.38 bits per heavy atom. The highest BCUT2D eigenvalue weighted by molar-refractivity contribution is 5.74. The van der Waals surface area contributed by atoms with E-state index < -0.39 is 0 Å². The number of amidine groups is 1. The summed E-state index contributed by atoms with van der Waals surface area (Å²) in [5.41, 5.74) is 0. The summed E-state index contributed by atoms with van der Waals surface area (Å²) in [5.74, 6) is 0. The highest BCUT2D eigenvalue weighted by Crippen LogP contribution is 2.11. The largest absolute Gasteiger partial charge is 0.463 e. The summed E-state index contributed by atoms with van der Waals surface area (Å²) >= 11 is 0. The molecule has 2 aliphatic rings. The third kappa shape index (κ3) is 2.59. The quantitative estimate of drug-likeness (QED) is 0.680. The number of nitrogens with one attached hydrogen (secondary N) is 1. The molecule has 1 unspecified atom stereocenters. The van der Waals surface area contributed by atoms with E-state index in [1.54, 1.807) is 0 Å². The van der Waals surface area contributed by atoms with Crippen molar-refractivity contribution in [2.45, 2.75) is 25.4 Å². The summed E-state index contributed by atoms with van der Waals surface area (Å²) in [4.78, 5) is 4.15. The van der Waals surface area contributed by atoms with Crippen LogP contribution in [-0.4, -0.2) is 38.4 Å². The summed E-state index contributed by atoms with van der Waals surface area (Å²) < 4.78 is 10.8. The first kappa shape index (κ1) is 8.81. The zero-order valence-corrected chi connectivity index (χ0v) is 7.79. The molecule has 0 amide bonds. The van der Waals surface area contributed by atoms with Crippen LogP contribution in [0.4, 0.5) is 0 Å². The van der Waals surface area contributed by atoms with E-state index in [0.29, 0.717) is 18.7 Å². The van der Waals surface area contributed by atoms with E-state index in [1.807, 2.05) is 0 Å². The normalized spacial score (nSPS) is 28.0. The van der Waals surface area contributed by atoms with E-state index in [-0.39, 0.29) is 0 Å². The number of ether oxygens (including phenoxy) is 2. The minimum Gasteiger partial charge on any atom is -0.463 e. The number of hydrogen-bond donors (Lipinski definition) is 1. The second-order valence-electron chi connectivity index (χ2n) is 3.40. The molecule has 1 atom stereocenters. The molecule has 0 spiro atoms. The van der Waals surface area contributed by atoms with Crippen LogP contribution < -0.4 is 5.32 Å². The molecule has 0 aliphatic carbocycles. The van der Waals surface area contributed by atoms with Crippen molar-refractivity contribution in [1.82, 2.24) is 5.32 Å². The Balaban J connectivity index is 1.66. The minimum atomic E-state index is 0.348. The van der Waals surface area contributed by atoms with Gasteiger partial charge in [0.15, 0.2) is 0 Å². The van der Waals surface area contributed by atoms with Gasteiger partial charge in [-0.15, -0.1) is 0 Å². The second-order valence-corrected chi connectivity index (χ2v) is 3.40. The van der Waals surface area contributed by atoms with E-state index in [9.17, 15) is 0 Å². The molecule has 4 nitrogen and oxygen atoms in total. The lowest BCUT2D eigenvalue weighted by atomic mass is 10.1. The molecule has 0 aromatic rings. The molecule has 2 heterocycles. The summed E-state index contributed by atoms with van der Waals surface area (Å²) in [6.45, 7) is 3.24. The molecule has 0 radical (unpaired) electrons. The molecule has 2 rings (SSSR count). The standard InChI is InChI=1S/C9H16N2O2/c1-2-5-12-8(3-1)7-11-9-10-4-6-13-9/h8H,1-7H2,(H,10,11). The van der Waals surface area contributed by atoms with Gasteiger partial charge in [-0.2, -0.15) is 0 Å². The van der Waals surface area contributed by atoms with E-state index >= 15 is 0 Å². The molecule has 74 valence electrons. The van der Waals surface area contributed by atoms with E-state index in [4.69, 9.17) is 9.47 Å². The van der Waals surface area contributed by atoms with E-state index in [2.05, 4.69) is 10.3 Å². The molecule has 1 saturated heterocycles. The number of rotatable bonds is 2. The fraction of sp³-hybridized carbons (Fsp3) is 0.889. The van der Waals surface area contributed by atoms with Crippen molar-refractivity contribution < 1.29 is 9.47 Å². The predicted molar refractivity (Wildman–Crippen MR) is 49.8 cm³/mol. The molecular formula is C9H16N2O2. The lowest BCUT2D eigenvalue weighted by molar-refractivity contribution is 0.0188. The number of aliphatic imine (C=N–C) groups is 1. The summed E-state index contributed by atoms with van der Waals surface area (Å²) in [5, 5.41) is 3.15. The highest BCUT2D eigenvalue weighted by atomic mass is 16.5. The lowest BCUT2D eigenvalue weighted by Gasteiger charge is -2.22. The van der Waals surface area contributed by atoms with Crippen LogP contribution in [0, 0.1) is 0 Å². The molecule has 4 heteroatoms. The van der Waals surface area contributed by atoms with Crippen LogP contribution in [0.15, 0.2) is 4.99 Å². The molecule has 0 aromatic heterocycles. The number of hydrogen-bond acceptors (Lipinski definition) is 4. The van der Waals surface area contributed by atoms with Crippen LogP contribution in [0.2, 0.25) is 0 Å². The van der Waals surface area contributed by atoms with Crippen LogP contribution in [0.5, 0.6) is 0 Å². The smallest absolute Gasteiger partial charge is 0.284 e. The Bertz CT molecular complexity index is 188. The lowest BCUT2D eigenvalue weighted by Crippen LogP contribution is -2.35.